The molecule has 0 saturated heterocycles. The Bertz CT molecular complexity index is 295. The molecule has 1 aromatic carbocycles. The summed E-state index contributed by atoms with van der Waals surface area (Å²) in [6, 6.07) is 2.45. The van der Waals surface area contributed by atoms with Crippen LogP contribution in [0.15, 0.2) is 12.1 Å². The average molecular weight is 170 g/mol. The Labute approximate surface area is 70.3 Å². The van der Waals surface area contributed by atoms with Gasteiger partial charge >= 0.3 is 0 Å². The van der Waals surface area contributed by atoms with Gasteiger partial charge in [0.15, 0.2) is 0 Å². The topological polar surface area (TPSA) is 40.5 Å². The van der Waals surface area contributed by atoms with E-state index in [2.05, 4.69) is 0 Å². The third kappa shape index (κ3) is 1.56. The molecule has 1 unspecified atom stereocenters. The van der Waals surface area contributed by atoms with Gasteiger partial charge in [0.05, 0.1) is 6.10 Å². The predicted molar refractivity (Wildman–Crippen MR) is 43.4 cm³/mol. The second kappa shape index (κ2) is 3.11. The van der Waals surface area contributed by atoms with Crippen molar-refractivity contribution in [2.45, 2.75) is 20.0 Å². The standard InChI is InChI=1S/C9H11FO2/c1-5-3-8(10)7(6(2)11)4-9(5)12/h3-4,6,11-12H,1-2H3. The molecule has 0 fully saturated rings. The maximum atomic E-state index is 13.0. The number of aliphatic hydroxyl groups excluding tert-OH is 1. The van der Waals surface area contributed by atoms with Crippen LogP contribution in [0, 0.1) is 12.7 Å². The van der Waals surface area contributed by atoms with Crippen molar-refractivity contribution in [2.24, 2.45) is 0 Å². The first-order valence-electron chi connectivity index (χ1n) is 3.69. The quantitative estimate of drug-likeness (QED) is 0.675. The van der Waals surface area contributed by atoms with E-state index < -0.39 is 11.9 Å². The lowest BCUT2D eigenvalue weighted by atomic mass is 10.1. The molecule has 66 valence electrons. The van der Waals surface area contributed by atoms with Gasteiger partial charge in [-0.25, -0.2) is 4.39 Å². The molecule has 1 rings (SSSR count). The van der Waals surface area contributed by atoms with E-state index in [0.717, 1.165) is 0 Å². The Morgan fingerprint density at radius 3 is 2.50 bits per heavy atom. The summed E-state index contributed by atoms with van der Waals surface area (Å²) in [5.41, 5.74) is 0.593. The lowest BCUT2D eigenvalue weighted by Crippen LogP contribution is -1.96. The average Bonchev–Trinajstić information content (AvgIpc) is 1.96. The number of hydrogen-bond acceptors (Lipinski definition) is 2. The van der Waals surface area contributed by atoms with Crippen LogP contribution < -0.4 is 0 Å². The third-order valence-electron chi connectivity index (χ3n) is 1.77. The highest BCUT2D eigenvalue weighted by Crippen LogP contribution is 2.24. The number of aryl methyl sites for hydroxylation is 1. The fourth-order valence-electron chi connectivity index (χ4n) is 0.998. The third-order valence-corrected chi connectivity index (χ3v) is 1.77. The first-order chi connectivity index (χ1) is 5.52. The summed E-state index contributed by atoms with van der Waals surface area (Å²) < 4.78 is 13.0. The van der Waals surface area contributed by atoms with Crippen molar-refractivity contribution >= 4 is 0 Å². The molecule has 0 heterocycles. The zero-order valence-electron chi connectivity index (χ0n) is 7.00. The number of halogens is 1. The minimum Gasteiger partial charge on any atom is -0.508 e. The molecule has 0 aliphatic rings. The number of phenolic OH excluding ortho intramolecular Hbond substituents is 1. The van der Waals surface area contributed by atoms with Gasteiger partial charge in [0.25, 0.3) is 0 Å². The summed E-state index contributed by atoms with van der Waals surface area (Å²) in [5.74, 6) is -0.479. The molecular weight excluding hydrogens is 159 g/mol. The number of aromatic hydroxyl groups is 1. The summed E-state index contributed by atoms with van der Waals surface area (Å²) >= 11 is 0. The molecule has 2 N–H and O–H groups in total. The number of aliphatic hydroxyl groups is 1. The van der Waals surface area contributed by atoms with Crippen molar-refractivity contribution in [3.05, 3.63) is 29.1 Å². The van der Waals surface area contributed by atoms with Crippen LogP contribution in [0.3, 0.4) is 0 Å². The first-order valence-corrected chi connectivity index (χ1v) is 3.69. The fourth-order valence-corrected chi connectivity index (χ4v) is 0.998. The minimum absolute atomic E-state index is 0.00676. The van der Waals surface area contributed by atoms with E-state index in [0.29, 0.717) is 5.56 Å². The van der Waals surface area contributed by atoms with E-state index in [1.165, 1.54) is 19.1 Å². The Morgan fingerprint density at radius 1 is 1.42 bits per heavy atom. The van der Waals surface area contributed by atoms with Crippen molar-refractivity contribution in [1.82, 2.24) is 0 Å². The normalized spacial score (nSPS) is 13.0. The van der Waals surface area contributed by atoms with E-state index in [1.54, 1.807) is 6.92 Å². The Hall–Kier alpha value is -1.09. The Kier molecular flexibility index (Phi) is 2.33. The summed E-state index contributed by atoms with van der Waals surface area (Å²) in [7, 11) is 0. The SMILES string of the molecule is Cc1cc(F)c(C(C)O)cc1O. The lowest BCUT2D eigenvalue weighted by molar-refractivity contribution is 0.193. The van der Waals surface area contributed by atoms with Crippen LogP contribution in [0.2, 0.25) is 0 Å². The van der Waals surface area contributed by atoms with E-state index in [1.807, 2.05) is 0 Å². The Morgan fingerprint density at radius 2 is 2.00 bits per heavy atom. The monoisotopic (exact) mass is 170 g/mol. The molecule has 0 amide bonds. The molecule has 0 aromatic heterocycles. The smallest absolute Gasteiger partial charge is 0.129 e. The highest BCUT2D eigenvalue weighted by molar-refractivity contribution is 5.37. The maximum Gasteiger partial charge on any atom is 0.129 e. The Balaban J connectivity index is 3.23. The van der Waals surface area contributed by atoms with Gasteiger partial charge < -0.3 is 10.2 Å². The molecule has 0 spiro atoms. The van der Waals surface area contributed by atoms with Crippen LogP contribution >= 0.6 is 0 Å². The lowest BCUT2D eigenvalue weighted by Gasteiger charge is -2.08. The van der Waals surface area contributed by atoms with Crippen molar-refractivity contribution in [2.75, 3.05) is 0 Å². The number of phenols is 1. The maximum absolute atomic E-state index is 13.0. The van der Waals surface area contributed by atoms with Crippen LogP contribution in [0.25, 0.3) is 0 Å². The van der Waals surface area contributed by atoms with Gasteiger partial charge in [-0.3, -0.25) is 0 Å². The zero-order valence-corrected chi connectivity index (χ0v) is 7.00. The summed E-state index contributed by atoms with van der Waals surface area (Å²) in [6.45, 7) is 3.05. The van der Waals surface area contributed by atoms with Gasteiger partial charge in [-0.05, 0) is 31.5 Å². The van der Waals surface area contributed by atoms with Gasteiger partial charge in [-0.1, -0.05) is 0 Å². The summed E-state index contributed by atoms with van der Waals surface area (Å²) in [6.07, 6.45) is -0.892. The van der Waals surface area contributed by atoms with Gasteiger partial charge in [0.2, 0.25) is 0 Å². The van der Waals surface area contributed by atoms with Crippen LogP contribution in [0.5, 0.6) is 5.75 Å². The van der Waals surface area contributed by atoms with Crippen molar-refractivity contribution < 1.29 is 14.6 Å². The molecule has 1 aromatic rings. The highest BCUT2D eigenvalue weighted by Gasteiger charge is 2.10. The number of hydrogen-bond donors (Lipinski definition) is 2. The number of benzene rings is 1. The van der Waals surface area contributed by atoms with Crippen molar-refractivity contribution in [3.63, 3.8) is 0 Å². The number of rotatable bonds is 1. The van der Waals surface area contributed by atoms with Crippen molar-refractivity contribution in [1.29, 1.82) is 0 Å². The van der Waals surface area contributed by atoms with E-state index in [-0.39, 0.29) is 11.3 Å². The van der Waals surface area contributed by atoms with E-state index in [9.17, 15) is 9.50 Å². The van der Waals surface area contributed by atoms with Crippen LogP contribution in [-0.2, 0) is 0 Å². The molecule has 0 aliphatic carbocycles. The summed E-state index contributed by atoms with van der Waals surface area (Å²) in [4.78, 5) is 0. The second-order valence-electron chi connectivity index (χ2n) is 2.84. The first kappa shape index (κ1) is 9.00. The van der Waals surface area contributed by atoms with E-state index >= 15 is 0 Å². The van der Waals surface area contributed by atoms with Crippen molar-refractivity contribution in [3.8, 4) is 5.75 Å². The van der Waals surface area contributed by atoms with Gasteiger partial charge in [0.1, 0.15) is 11.6 Å². The largest absolute Gasteiger partial charge is 0.508 e. The minimum atomic E-state index is -0.892. The van der Waals surface area contributed by atoms with Crippen LogP contribution in [-0.4, -0.2) is 10.2 Å². The molecule has 0 saturated carbocycles. The van der Waals surface area contributed by atoms with Gasteiger partial charge in [0, 0.05) is 5.56 Å². The van der Waals surface area contributed by atoms with Crippen LogP contribution in [0.1, 0.15) is 24.2 Å². The van der Waals surface area contributed by atoms with Gasteiger partial charge in [-0.15, -0.1) is 0 Å². The highest BCUT2D eigenvalue weighted by atomic mass is 19.1. The van der Waals surface area contributed by atoms with Gasteiger partial charge in [-0.2, -0.15) is 0 Å². The predicted octanol–water partition coefficient (Wildman–Crippen LogP) is 1.89. The molecule has 12 heavy (non-hydrogen) atoms. The summed E-state index contributed by atoms with van der Waals surface area (Å²) in [5, 5.41) is 18.3. The zero-order chi connectivity index (χ0) is 9.30. The molecular formula is C9H11FO2. The molecule has 0 radical (unpaired) electrons. The fraction of sp³-hybridized carbons (Fsp3) is 0.333. The van der Waals surface area contributed by atoms with E-state index in [4.69, 9.17) is 5.11 Å². The second-order valence-corrected chi connectivity index (χ2v) is 2.84. The molecule has 0 bridgehead atoms. The molecule has 0 aliphatic heterocycles. The molecule has 1 atom stereocenters. The van der Waals surface area contributed by atoms with Crippen LogP contribution in [0.4, 0.5) is 4.39 Å². The molecule has 3 heteroatoms. The molecule has 2 nitrogen and oxygen atoms in total.